The molecule has 0 bridgehead atoms. The molecule has 1 rings (SSSR count). The number of nitroso groups, excluding NO2 is 1. The van der Waals surface area contributed by atoms with Crippen LogP contribution < -0.4 is 16.6 Å². The second-order valence-corrected chi connectivity index (χ2v) is 3.83. The highest BCUT2D eigenvalue weighted by molar-refractivity contribution is 5.77. The number of carboxylic acid groups (broad SMARTS) is 1. The third-order valence-corrected chi connectivity index (χ3v) is 2.42. The van der Waals surface area contributed by atoms with Crippen molar-refractivity contribution in [1.82, 2.24) is 9.55 Å². The fraction of sp³-hybridized carbons (Fsp3) is 0.444. The zero-order valence-electron chi connectivity index (χ0n) is 10.2. The number of aliphatic hydroxyl groups is 1. The Morgan fingerprint density at radius 2 is 2.16 bits per heavy atom. The van der Waals surface area contributed by atoms with E-state index in [1.54, 1.807) is 0 Å². The minimum Gasteiger partial charge on any atom is -0.480 e. The van der Waals surface area contributed by atoms with Crippen LogP contribution in [0.1, 0.15) is 6.92 Å². The Hall–Kier alpha value is -2.49. The van der Waals surface area contributed by atoms with Crippen LogP contribution in [0.15, 0.2) is 9.97 Å². The Morgan fingerprint density at radius 1 is 1.58 bits per heavy atom. The van der Waals surface area contributed by atoms with E-state index < -0.39 is 35.2 Å². The number of anilines is 2. The fourth-order valence-corrected chi connectivity index (χ4v) is 1.35. The summed E-state index contributed by atoms with van der Waals surface area (Å²) in [6.07, 6.45) is -1.24. The maximum atomic E-state index is 11.7. The smallest absolute Gasteiger partial charge is 0.328 e. The van der Waals surface area contributed by atoms with E-state index in [0.717, 1.165) is 4.57 Å². The van der Waals surface area contributed by atoms with Gasteiger partial charge in [0.2, 0.25) is 11.6 Å². The Labute approximate surface area is 106 Å². The summed E-state index contributed by atoms with van der Waals surface area (Å²) in [5.41, 5.74) is 3.98. The number of nitrogen functional groups attached to an aromatic ring is 1. The van der Waals surface area contributed by atoms with Crippen molar-refractivity contribution in [3.05, 3.63) is 15.3 Å². The standard InChI is InChI=1S/C9H13N5O5/c1-3(15)4(8(17)18)11-9-12-6(10)5(13-19)7(16)14(9)2/h3-4,15H,10H2,1-2H3,(H,11,12)(H,17,18)/t3-,4+/m1/s1. The molecule has 0 aliphatic carbocycles. The van der Waals surface area contributed by atoms with Crippen molar-refractivity contribution in [2.45, 2.75) is 19.1 Å². The van der Waals surface area contributed by atoms with Crippen LogP contribution in [0.4, 0.5) is 17.5 Å². The van der Waals surface area contributed by atoms with E-state index in [9.17, 15) is 19.6 Å². The highest BCUT2D eigenvalue weighted by atomic mass is 16.4. The molecule has 0 radical (unpaired) electrons. The van der Waals surface area contributed by atoms with Gasteiger partial charge in [0, 0.05) is 7.05 Å². The first-order valence-corrected chi connectivity index (χ1v) is 5.16. The average molecular weight is 271 g/mol. The van der Waals surface area contributed by atoms with Crippen LogP contribution in [0.5, 0.6) is 0 Å². The van der Waals surface area contributed by atoms with Gasteiger partial charge < -0.3 is 21.3 Å². The first kappa shape index (κ1) is 14.6. The van der Waals surface area contributed by atoms with E-state index in [4.69, 9.17) is 10.8 Å². The minimum absolute atomic E-state index is 0.191. The molecule has 2 atom stereocenters. The number of hydrogen-bond acceptors (Lipinski definition) is 8. The van der Waals surface area contributed by atoms with Crippen molar-refractivity contribution in [3.8, 4) is 0 Å². The highest BCUT2D eigenvalue weighted by Crippen LogP contribution is 2.16. The van der Waals surface area contributed by atoms with Gasteiger partial charge in [-0.05, 0) is 12.1 Å². The lowest BCUT2D eigenvalue weighted by atomic mass is 10.2. The van der Waals surface area contributed by atoms with Gasteiger partial charge in [0.15, 0.2) is 11.9 Å². The summed E-state index contributed by atoms with van der Waals surface area (Å²) in [5, 5.41) is 23.0. The van der Waals surface area contributed by atoms with Gasteiger partial charge in [-0.3, -0.25) is 9.36 Å². The van der Waals surface area contributed by atoms with E-state index in [1.807, 2.05) is 0 Å². The van der Waals surface area contributed by atoms with Gasteiger partial charge in [-0.25, -0.2) is 4.79 Å². The van der Waals surface area contributed by atoms with E-state index >= 15 is 0 Å². The molecule has 0 saturated carbocycles. The van der Waals surface area contributed by atoms with Gasteiger partial charge in [-0.15, -0.1) is 4.91 Å². The lowest BCUT2D eigenvalue weighted by molar-refractivity contribution is -0.140. The highest BCUT2D eigenvalue weighted by Gasteiger charge is 2.25. The summed E-state index contributed by atoms with van der Waals surface area (Å²) < 4.78 is 0.880. The quantitative estimate of drug-likeness (QED) is 0.496. The van der Waals surface area contributed by atoms with Crippen molar-refractivity contribution in [3.63, 3.8) is 0 Å². The maximum Gasteiger partial charge on any atom is 0.328 e. The molecular weight excluding hydrogens is 258 g/mol. The van der Waals surface area contributed by atoms with Crippen LogP contribution in [0.25, 0.3) is 0 Å². The molecule has 10 nitrogen and oxygen atoms in total. The summed E-state index contributed by atoms with van der Waals surface area (Å²) in [4.78, 5) is 36.7. The van der Waals surface area contributed by atoms with Crippen LogP contribution >= 0.6 is 0 Å². The first-order chi connectivity index (χ1) is 8.79. The molecule has 0 fully saturated rings. The number of aliphatic hydroxyl groups excluding tert-OH is 1. The van der Waals surface area contributed by atoms with Crippen LogP contribution in [0, 0.1) is 4.91 Å². The van der Waals surface area contributed by atoms with Gasteiger partial charge in [0.25, 0.3) is 5.56 Å². The van der Waals surface area contributed by atoms with Gasteiger partial charge in [-0.2, -0.15) is 4.98 Å². The largest absolute Gasteiger partial charge is 0.480 e. The van der Waals surface area contributed by atoms with Gasteiger partial charge in [0.1, 0.15) is 0 Å². The molecule has 0 aromatic carbocycles. The molecule has 1 aromatic rings. The topological polar surface area (TPSA) is 160 Å². The third-order valence-electron chi connectivity index (χ3n) is 2.42. The predicted octanol–water partition coefficient (Wildman–Crippen LogP) is -0.994. The van der Waals surface area contributed by atoms with Gasteiger partial charge in [0.05, 0.1) is 6.10 Å². The lowest BCUT2D eigenvalue weighted by Crippen LogP contribution is -2.41. The molecule has 1 aromatic heterocycles. The Balaban J connectivity index is 3.26. The molecule has 5 N–H and O–H groups in total. The van der Waals surface area contributed by atoms with Gasteiger partial charge in [-0.1, -0.05) is 0 Å². The molecule has 0 unspecified atom stereocenters. The lowest BCUT2D eigenvalue weighted by Gasteiger charge is -2.19. The summed E-state index contributed by atoms with van der Waals surface area (Å²) in [5.74, 6) is -1.95. The maximum absolute atomic E-state index is 11.7. The van der Waals surface area contributed by atoms with Crippen LogP contribution in [0.2, 0.25) is 0 Å². The van der Waals surface area contributed by atoms with Crippen LogP contribution in [-0.2, 0) is 11.8 Å². The van der Waals surface area contributed by atoms with Crippen LogP contribution in [0.3, 0.4) is 0 Å². The second kappa shape index (κ2) is 5.44. The Kier molecular flexibility index (Phi) is 4.17. The SMILES string of the molecule is C[C@@H](O)[C@H](Nc1nc(N)c(N=O)c(=O)n1C)C(=O)O. The average Bonchev–Trinajstić information content (AvgIpc) is 2.31. The first-order valence-electron chi connectivity index (χ1n) is 5.16. The number of nitrogens with two attached hydrogens (primary N) is 1. The van der Waals surface area contributed by atoms with Crippen molar-refractivity contribution in [2.24, 2.45) is 12.2 Å². The summed E-state index contributed by atoms with van der Waals surface area (Å²) in [6, 6.07) is -1.38. The molecule has 0 amide bonds. The van der Waals surface area contributed by atoms with Gasteiger partial charge >= 0.3 is 5.97 Å². The predicted molar refractivity (Wildman–Crippen MR) is 66.1 cm³/mol. The molecule has 19 heavy (non-hydrogen) atoms. The number of hydrogen-bond donors (Lipinski definition) is 4. The fourth-order valence-electron chi connectivity index (χ4n) is 1.35. The van der Waals surface area contributed by atoms with Crippen molar-refractivity contribution in [2.75, 3.05) is 11.1 Å². The monoisotopic (exact) mass is 271 g/mol. The van der Waals surface area contributed by atoms with E-state index in [0.29, 0.717) is 0 Å². The zero-order chi connectivity index (χ0) is 14.7. The molecular formula is C9H13N5O5. The zero-order valence-corrected chi connectivity index (χ0v) is 10.2. The number of nitrogens with zero attached hydrogens (tertiary/aromatic N) is 3. The molecule has 1 heterocycles. The molecule has 10 heteroatoms. The number of carbonyl (C=O) groups is 1. The minimum atomic E-state index is -1.38. The normalized spacial score (nSPS) is 13.6. The van der Waals surface area contributed by atoms with Crippen molar-refractivity contribution >= 4 is 23.4 Å². The summed E-state index contributed by atoms with van der Waals surface area (Å²) in [6.45, 7) is 1.26. The number of nitrogens with one attached hydrogen (secondary N) is 1. The van der Waals surface area contributed by atoms with Crippen molar-refractivity contribution in [1.29, 1.82) is 0 Å². The molecule has 0 spiro atoms. The Morgan fingerprint density at radius 3 is 2.58 bits per heavy atom. The molecule has 104 valence electrons. The third kappa shape index (κ3) is 2.85. The molecule has 0 aliphatic heterocycles. The van der Waals surface area contributed by atoms with Crippen LogP contribution in [-0.4, -0.2) is 37.9 Å². The number of aromatic nitrogens is 2. The number of carboxylic acids is 1. The van der Waals surface area contributed by atoms with E-state index in [2.05, 4.69) is 15.5 Å². The van der Waals surface area contributed by atoms with E-state index in [-0.39, 0.29) is 5.95 Å². The summed E-state index contributed by atoms with van der Waals surface area (Å²) >= 11 is 0. The number of aliphatic carboxylic acids is 1. The Bertz CT molecular complexity index is 567. The number of rotatable bonds is 5. The second-order valence-electron chi connectivity index (χ2n) is 3.83. The molecule has 0 saturated heterocycles. The molecule has 0 aliphatic rings. The summed E-state index contributed by atoms with van der Waals surface area (Å²) in [7, 11) is 1.26. The van der Waals surface area contributed by atoms with E-state index in [1.165, 1.54) is 14.0 Å². The van der Waals surface area contributed by atoms with Crippen molar-refractivity contribution < 1.29 is 15.0 Å².